The van der Waals surface area contributed by atoms with Crippen LogP contribution in [0.25, 0.3) is 11.0 Å². The van der Waals surface area contributed by atoms with Crippen LogP contribution in [0.4, 0.5) is 11.5 Å². The number of aliphatic hydroxyl groups excluding tert-OH is 2. The van der Waals surface area contributed by atoms with Crippen molar-refractivity contribution in [3.05, 3.63) is 12.5 Å². The van der Waals surface area contributed by atoms with Crippen LogP contribution in [0.3, 0.4) is 0 Å². The van der Waals surface area contributed by atoms with Gasteiger partial charge >= 0.3 is 0 Å². The molecule has 0 radical (unpaired) electrons. The Morgan fingerprint density at radius 3 is 2.91 bits per heavy atom. The zero-order valence-corrected chi connectivity index (χ0v) is 12.6. The Labute approximate surface area is 131 Å². The van der Waals surface area contributed by atoms with Crippen molar-refractivity contribution in [1.82, 2.24) is 14.5 Å². The molecule has 4 rings (SSSR count). The molecule has 9 nitrogen and oxygen atoms in total. The van der Waals surface area contributed by atoms with Crippen LogP contribution < -0.4 is 10.6 Å². The second-order valence-electron chi connectivity index (χ2n) is 6.10. The topological polar surface area (TPSA) is 125 Å². The van der Waals surface area contributed by atoms with Crippen molar-refractivity contribution in [2.45, 2.75) is 31.0 Å². The van der Waals surface area contributed by atoms with Crippen LogP contribution in [-0.4, -0.2) is 67.4 Å². The number of anilines is 2. The van der Waals surface area contributed by atoms with Crippen molar-refractivity contribution >= 4 is 22.5 Å². The number of aliphatic hydroxyl groups is 3. The molecule has 124 valence electrons. The van der Waals surface area contributed by atoms with Crippen molar-refractivity contribution in [1.29, 1.82) is 0 Å². The molecule has 2 aliphatic heterocycles. The lowest BCUT2D eigenvalue weighted by atomic mass is 9.96. The van der Waals surface area contributed by atoms with Crippen molar-refractivity contribution in [3.63, 3.8) is 0 Å². The molecule has 2 aliphatic rings. The average molecular weight is 321 g/mol. The van der Waals surface area contributed by atoms with E-state index in [0.29, 0.717) is 11.5 Å². The number of rotatable bonds is 2. The van der Waals surface area contributed by atoms with Gasteiger partial charge in [-0.1, -0.05) is 0 Å². The number of aromatic nitrogens is 3. The zero-order valence-electron chi connectivity index (χ0n) is 12.6. The molecular weight excluding hydrogens is 302 g/mol. The Morgan fingerprint density at radius 1 is 1.39 bits per heavy atom. The predicted molar refractivity (Wildman–Crippen MR) is 82.1 cm³/mol. The Hall–Kier alpha value is -1.94. The van der Waals surface area contributed by atoms with Crippen LogP contribution in [-0.2, 0) is 4.74 Å². The minimum absolute atomic E-state index is 0.375. The summed E-state index contributed by atoms with van der Waals surface area (Å²) in [6.07, 6.45) is 0.325. The van der Waals surface area contributed by atoms with Gasteiger partial charge in [0.2, 0.25) is 0 Å². The molecule has 2 aromatic rings. The highest BCUT2D eigenvalue weighted by atomic mass is 16.6. The molecule has 4 heterocycles. The van der Waals surface area contributed by atoms with Gasteiger partial charge in [0.05, 0.1) is 17.7 Å². The normalized spacial score (nSPS) is 33.3. The minimum Gasteiger partial charge on any atom is -0.394 e. The van der Waals surface area contributed by atoms with E-state index in [4.69, 9.17) is 4.74 Å². The molecule has 1 saturated heterocycles. The Balaban J connectivity index is 1.87. The van der Waals surface area contributed by atoms with Gasteiger partial charge in [0, 0.05) is 19.3 Å². The average Bonchev–Trinajstić information content (AvgIpc) is 2.90. The summed E-state index contributed by atoms with van der Waals surface area (Å²) in [4.78, 5) is 8.56. The summed E-state index contributed by atoms with van der Waals surface area (Å²) in [5.41, 5.74) is -0.135. The maximum Gasteiger partial charge on any atom is 0.167 e. The number of hydrogen-bond acceptors (Lipinski definition) is 8. The van der Waals surface area contributed by atoms with E-state index in [0.717, 1.165) is 24.2 Å². The van der Waals surface area contributed by atoms with Crippen molar-refractivity contribution < 1.29 is 20.1 Å². The molecule has 0 aromatic carbocycles. The first-order valence-corrected chi connectivity index (χ1v) is 7.54. The molecule has 5 N–H and O–H groups in total. The fourth-order valence-corrected chi connectivity index (χ4v) is 3.30. The van der Waals surface area contributed by atoms with E-state index in [9.17, 15) is 15.3 Å². The maximum absolute atomic E-state index is 10.7. The Kier molecular flexibility index (Phi) is 3.20. The quantitative estimate of drug-likeness (QED) is 0.490. The summed E-state index contributed by atoms with van der Waals surface area (Å²) < 4.78 is 7.36. The molecule has 1 fully saturated rings. The van der Waals surface area contributed by atoms with Gasteiger partial charge in [-0.3, -0.25) is 0 Å². The summed E-state index contributed by atoms with van der Waals surface area (Å²) in [5, 5.41) is 37.5. The highest BCUT2D eigenvalue weighted by Gasteiger charge is 2.53. The summed E-state index contributed by atoms with van der Waals surface area (Å²) in [5.74, 6) is 0.714. The van der Waals surface area contributed by atoms with E-state index in [1.165, 1.54) is 13.3 Å². The van der Waals surface area contributed by atoms with Crippen LogP contribution in [0, 0.1) is 0 Å². The molecule has 0 amide bonds. The second kappa shape index (κ2) is 5.03. The van der Waals surface area contributed by atoms with Crippen LogP contribution in [0.1, 0.15) is 13.2 Å². The standard InChI is InChI=1S/C14H19N5O4/c1-14(22)10(21)8(5-20)23-13(14)19-4-7-9-11(16-3-2-15-7)17-6-18-12(9)19/h4,6,8,10,13,15,20-22H,2-3,5H2,1H3,(H,16,17,18)/t8-,10-,13-,14+/m1/s1. The third-order valence-electron chi connectivity index (χ3n) is 4.53. The van der Waals surface area contributed by atoms with Gasteiger partial charge in [-0.15, -0.1) is 0 Å². The van der Waals surface area contributed by atoms with E-state index in [2.05, 4.69) is 20.6 Å². The number of ether oxygens (including phenoxy) is 1. The lowest BCUT2D eigenvalue weighted by Gasteiger charge is -2.27. The van der Waals surface area contributed by atoms with E-state index >= 15 is 0 Å². The lowest BCUT2D eigenvalue weighted by Crippen LogP contribution is -2.44. The fourth-order valence-electron chi connectivity index (χ4n) is 3.30. The minimum atomic E-state index is -1.56. The first-order valence-electron chi connectivity index (χ1n) is 7.54. The lowest BCUT2D eigenvalue weighted by molar-refractivity contribution is -0.0947. The van der Waals surface area contributed by atoms with Crippen LogP contribution in [0.2, 0.25) is 0 Å². The molecule has 9 heteroatoms. The van der Waals surface area contributed by atoms with Crippen LogP contribution in [0.5, 0.6) is 0 Å². The molecule has 0 unspecified atom stereocenters. The van der Waals surface area contributed by atoms with Crippen LogP contribution >= 0.6 is 0 Å². The molecule has 2 aromatic heterocycles. The molecule has 23 heavy (non-hydrogen) atoms. The zero-order chi connectivity index (χ0) is 16.2. The molecule has 0 bridgehead atoms. The highest BCUT2D eigenvalue weighted by molar-refractivity contribution is 5.99. The monoisotopic (exact) mass is 321 g/mol. The number of hydrogen-bond donors (Lipinski definition) is 5. The smallest absolute Gasteiger partial charge is 0.167 e. The summed E-state index contributed by atoms with van der Waals surface area (Å²) in [7, 11) is 0. The van der Waals surface area contributed by atoms with Crippen molar-refractivity contribution in [2.75, 3.05) is 30.3 Å². The molecular formula is C14H19N5O4. The summed E-state index contributed by atoms with van der Waals surface area (Å²) in [6.45, 7) is 2.58. The predicted octanol–water partition coefficient (Wildman–Crippen LogP) is -0.730. The summed E-state index contributed by atoms with van der Waals surface area (Å²) >= 11 is 0. The third kappa shape index (κ3) is 2.01. The Morgan fingerprint density at radius 2 is 2.17 bits per heavy atom. The van der Waals surface area contributed by atoms with E-state index in [1.807, 2.05) is 0 Å². The Bertz CT molecular complexity index is 746. The van der Waals surface area contributed by atoms with Gasteiger partial charge in [-0.05, 0) is 6.92 Å². The summed E-state index contributed by atoms with van der Waals surface area (Å²) in [6, 6.07) is 0. The van der Waals surface area contributed by atoms with E-state index < -0.39 is 24.0 Å². The molecule has 0 aliphatic carbocycles. The van der Waals surface area contributed by atoms with Gasteiger partial charge in [0.15, 0.2) is 6.23 Å². The highest BCUT2D eigenvalue weighted by Crippen LogP contribution is 2.42. The van der Waals surface area contributed by atoms with Gasteiger partial charge < -0.3 is 35.3 Å². The number of nitrogens with one attached hydrogen (secondary N) is 2. The van der Waals surface area contributed by atoms with Gasteiger partial charge in [0.25, 0.3) is 0 Å². The first-order chi connectivity index (χ1) is 11.0. The number of nitrogens with zero attached hydrogens (tertiary/aromatic N) is 3. The second-order valence-corrected chi connectivity index (χ2v) is 6.10. The molecule has 4 atom stereocenters. The molecule has 0 spiro atoms. The largest absolute Gasteiger partial charge is 0.394 e. The SMILES string of the molecule is C[C@]1(O)[C@H](O)[C@@H](CO)O[C@H]1n1cc2c3c(ncnc31)NCCN2. The first kappa shape index (κ1) is 14.6. The van der Waals surface area contributed by atoms with E-state index in [-0.39, 0.29) is 6.61 Å². The van der Waals surface area contributed by atoms with Gasteiger partial charge in [0.1, 0.15) is 35.6 Å². The van der Waals surface area contributed by atoms with E-state index in [1.54, 1.807) is 10.8 Å². The maximum atomic E-state index is 10.7. The van der Waals surface area contributed by atoms with Crippen LogP contribution in [0.15, 0.2) is 12.5 Å². The van der Waals surface area contributed by atoms with Crippen molar-refractivity contribution in [2.24, 2.45) is 0 Å². The van der Waals surface area contributed by atoms with Gasteiger partial charge in [-0.2, -0.15) is 0 Å². The van der Waals surface area contributed by atoms with Gasteiger partial charge in [-0.25, -0.2) is 9.97 Å². The van der Waals surface area contributed by atoms with Crippen molar-refractivity contribution in [3.8, 4) is 0 Å². The third-order valence-corrected chi connectivity index (χ3v) is 4.53. The molecule has 0 saturated carbocycles. The fraction of sp³-hybridized carbons (Fsp3) is 0.571.